The molecule has 0 bridgehead atoms. The van der Waals surface area contributed by atoms with Gasteiger partial charge in [0.05, 0.1) is 17.7 Å². The van der Waals surface area contributed by atoms with E-state index in [9.17, 15) is 24.0 Å². The van der Waals surface area contributed by atoms with Gasteiger partial charge in [-0.25, -0.2) is 0 Å². The number of nitrogens with one attached hydrogen (secondary N) is 2. The molecule has 3 rings (SSSR count). The van der Waals surface area contributed by atoms with Crippen molar-refractivity contribution in [3.05, 3.63) is 29.3 Å². The topological polar surface area (TPSA) is 139 Å². The van der Waals surface area contributed by atoms with Gasteiger partial charge >= 0.3 is 0 Å². The normalized spacial score (nSPS) is 19.2. The monoisotopic (exact) mass is 366 g/mol. The second-order valence-corrected chi connectivity index (χ2v) is 5.46. The third kappa shape index (κ3) is 3.24. The van der Waals surface area contributed by atoms with Gasteiger partial charge in [0.25, 0.3) is 11.8 Å². The molecule has 0 spiro atoms. The van der Waals surface area contributed by atoms with E-state index in [1.54, 1.807) is 0 Å². The third-order valence-electron chi connectivity index (χ3n) is 3.91. The number of anilines is 1. The molecule has 1 fully saturated rings. The molecule has 132 valence electrons. The number of nitrogens with zero attached hydrogens (tertiary/aromatic N) is 1. The fourth-order valence-electron chi connectivity index (χ4n) is 2.76. The summed E-state index contributed by atoms with van der Waals surface area (Å²) in [7, 11) is 0. The van der Waals surface area contributed by atoms with Crippen molar-refractivity contribution in [2.45, 2.75) is 18.9 Å². The van der Waals surface area contributed by atoms with Crippen LogP contribution in [0, 0.1) is 0 Å². The molecule has 2 heterocycles. The first kappa shape index (κ1) is 18.6. The summed E-state index contributed by atoms with van der Waals surface area (Å²) in [5.41, 5.74) is 5.79. The van der Waals surface area contributed by atoms with Gasteiger partial charge in [-0.15, -0.1) is 12.4 Å². The van der Waals surface area contributed by atoms with Crippen LogP contribution >= 0.6 is 12.4 Å². The van der Waals surface area contributed by atoms with Gasteiger partial charge in [-0.05, 0) is 24.6 Å². The Kier molecular flexibility index (Phi) is 5.19. The minimum atomic E-state index is -1.02. The molecular formula is C15H15ClN4O5. The molecule has 1 aromatic rings. The maximum Gasteiger partial charge on any atom is 0.262 e. The Morgan fingerprint density at radius 3 is 2.52 bits per heavy atom. The number of carbonyl (C=O) groups is 5. The molecule has 2 aliphatic rings. The molecule has 1 saturated heterocycles. The molecule has 0 saturated carbocycles. The van der Waals surface area contributed by atoms with Crippen LogP contribution in [0.5, 0.6) is 0 Å². The van der Waals surface area contributed by atoms with E-state index in [1.165, 1.54) is 18.2 Å². The number of fused-ring (bicyclic) bond motifs is 1. The van der Waals surface area contributed by atoms with Crippen molar-refractivity contribution in [1.29, 1.82) is 0 Å². The van der Waals surface area contributed by atoms with Crippen LogP contribution in [0.3, 0.4) is 0 Å². The highest BCUT2D eigenvalue weighted by atomic mass is 35.5. The smallest absolute Gasteiger partial charge is 0.262 e. The second-order valence-electron chi connectivity index (χ2n) is 5.46. The average molecular weight is 367 g/mol. The van der Waals surface area contributed by atoms with E-state index >= 15 is 0 Å². The molecule has 0 radical (unpaired) electrons. The molecule has 5 amide bonds. The van der Waals surface area contributed by atoms with Gasteiger partial charge in [0.2, 0.25) is 17.7 Å². The van der Waals surface area contributed by atoms with Gasteiger partial charge in [0, 0.05) is 12.1 Å². The standard InChI is InChI=1S/C15H14N4O5.ClH/c16-6-12(21)17-7-1-2-8-9(5-7)15(24)19(14(8)23)10-3-4-11(20)18-13(10)22;/h1-2,5,10H,3-4,6,16H2,(H,17,21)(H,18,20,22);1H. The number of nitrogens with two attached hydrogens (primary N) is 1. The summed E-state index contributed by atoms with van der Waals surface area (Å²) >= 11 is 0. The number of rotatable bonds is 3. The number of imide groups is 2. The van der Waals surface area contributed by atoms with Gasteiger partial charge in [-0.2, -0.15) is 0 Å². The molecule has 2 aliphatic heterocycles. The van der Waals surface area contributed by atoms with Gasteiger partial charge in [0.1, 0.15) is 6.04 Å². The summed E-state index contributed by atoms with van der Waals surface area (Å²) < 4.78 is 0. The van der Waals surface area contributed by atoms with Crippen molar-refractivity contribution in [1.82, 2.24) is 10.2 Å². The average Bonchev–Trinajstić information content (AvgIpc) is 2.79. The first-order valence-corrected chi connectivity index (χ1v) is 7.28. The molecular weight excluding hydrogens is 352 g/mol. The lowest BCUT2D eigenvalue weighted by Crippen LogP contribution is -2.54. The first-order chi connectivity index (χ1) is 11.4. The van der Waals surface area contributed by atoms with Crippen LogP contribution in [0.15, 0.2) is 18.2 Å². The Labute approximate surface area is 148 Å². The van der Waals surface area contributed by atoms with Crippen molar-refractivity contribution in [3.8, 4) is 0 Å². The molecule has 1 aromatic carbocycles. The molecule has 10 heteroatoms. The van der Waals surface area contributed by atoms with Crippen LogP contribution < -0.4 is 16.4 Å². The number of halogens is 1. The van der Waals surface area contributed by atoms with Crippen LogP contribution in [0.2, 0.25) is 0 Å². The van der Waals surface area contributed by atoms with Gasteiger partial charge in [0.15, 0.2) is 0 Å². The summed E-state index contributed by atoms with van der Waals surface area (Å²) in [5, 5.41) is 4.62. The zero-order valence-electron chi connectivity index (χ0n) is 12.9. The summed E-state index contributed by atoms with van der Waals surface area (Å²) in [6.45, 7) is -0.216. The third-order valence-corrected chi connectivity index (χ3v) is 3.91. The maximum absolute atomic E-state index is 12.5. The molecule has 1 atom stereocenters. The van der Waals surface area contributed by atoms with Gasteiger partial charge < -0.3 is 11.1 Å². The highest BCUT2D eigenvalue weighted by molar-refractivity contribution is 6.23. The van der Waals surface area contributed by atoms with Crippen LogP contribution in [-0.4, -0.2) is 47.0 Å². The number of carbonyl (C=O) groups excluding carboxylic acids is 5. The SMILES string of the molecule is Cl.NCC(=O)Nc1ccc2c(c1)C(=O)N(C1CCC(=O)NC1=O)C2=O. The van der Waals surface area contributed by atoms with Crippen LogP contribution in [0.4, 0.5) is 5.69 Å². The minimum Gasteiger partial charge on any atom is -0.325 e. The molecule has 4 N–H and O–H groups in total. The maximum atomic E-state index is 12.5. The van der Waals surface area contributed by atoms with E-state index in [0.29, 0.717) is 5.69 Å². The van der Waals surface area contributed by atoms with E-state index in [-0.39, 0.29) is 42.9 Å². The molecule has 0 aromatic heterocycles. The Bertz CT molecular complexity index is 794. The van der Waals surface area contributed by atoms with Crippen LogP contribution in [0.25, 0.3) is 0 Å². The Morgan fingerprint density at radius 2 is 1.88 bits per heavy atom. The summed E-state index contributed by atoms with van der Waals surface area (Å²) in [5.74, 6) is -2.76. The van der Waals surface area contributed by atoms with Crippen LogP contribution in [-0.2, 0) is 14.4 Å². The Hall–Kier alpha value is -2.78. The zero-order chi connectivity index (χ0) is 17.4. The first-order valence-electron chi connectivity index (χ1n) is 7.28. The lowest BCUT2D eigenvalue weighted by molar-refractivity contribution is -0.136. The Morgan fingerprint density at radius 1 is 1.20 bits per heavy atom. The van der Waals surface area contributed by atoms with Crippen molar-refractivity contribution in [2.24, 2.45) is 5.73 Å². The van der Waals surface area contributed by atoms with Gasteiger partial charge in [-0.3, -0.25) is 34.2 Å². The summed E-state index contributed by atoms with van der Waals surface area (Å²) in [4.78, 5) is 60.3. The molecule has 0 aliphatic carbocycles. The quantitative estimate of drug-likeness (QED) is 0.611. The largest absolute Gasteiger partial charge is 0.325 e. The highest BCUT2D eigenvalue weighted by Gasteiger charge is 2.44. The number of amides is 5. The van der Waals surface area contributed by atoms with E-state index < -0.39 is 35.6 Å². The Balaban J connectivity index is 0.00000225. The fraction of sp³-hybridized carbons (Fsp3) is 0.267. The van der Waals surface area contributed by atoms with Crippen LogP contribution in [0.1, 0.15) is 33.6 Å². The molecule has 9 nitrogen and oxygen atoms in total. The summed E-state index contributed by atoms with van der Waals surface area (Å²) in [6, 6.07) is 3.24. The predicted octanol–water partition coefficient (Wildman–Crippen LogP) is -0.593. The van der Waals surface area contributed by atoms with Gasteiger partial charge in [-0.1, -0.05) is 0 Å². The zero-order valence-corrected chi connectivity index (χ0v) is 13.7. The fourth-order valence-corrected chi connectivity index (χ4v) is 2.76. The number of hydrogen-bond donors (Lipinski definition) is 3. The summed E-state index contributed by atoms with van der Waals surface area (Å²) in [6.07, 6.45) is 0.147. The lowest BCUT2D eigenvalue weighted by atomic mass is 10.0. The lowest BCUT2D eigenvalue weighted by Gasteiger charge is -2.27. The van der Waals surface area contributed by atoms with E-state index in [0.717, 1.165) is 4.90 Å². The van der Waals surface area contributed by atoms with E-state index in [2.05, 4.69) is 10.6 Å². The van der Waals surface area contributed by atoms with E-state index in [4.69, 9.17) is 5.73 Å². The van der Waals surface area contributed by atoms with Crippen molar-refractivity contribution >= 4 is 47.6 Å². The molecule has 25 heavy (non-hydrogen) atoms. The van der Waals surface area contributed by atoms with Crippen molar-refractivity contribution in [3.63, 3.8) is 0 Å². The number of benzene rings is 1. The number of piperidine rings is 1. The number of hydrogen-bond acceptors (Lipinski definition) is 6. The molecule has 1 unspecified atom stereocenters. The second kappa shape index (κ2) is 6.99. The minimum absolute atomic E-state index is 0. The highest BCUT2D eigenvalue weighted by Crippen LogP contribution is 2.29. The van der Waals surface area contributed by atoms with E-state index in [1.807, 2.05) is 0 Å². The van der Waals surface area contributed by atoms with Crippen molar-refractivity contribution in [2.75, 3.05) is 11.9 Å². The predicted molar refractivity (Wildman–Crippen MR) is 88.0 cm³/mol. The van der Waals surface area contributed by atoms with Crippen molar-refractivity contribution < 1.29 is 24.0 Å².